The summed E-state index contributed by atoms with van der Waals surface area (Å²) in [4.78, 5) is 26.5. The maximum absolute atomic E-state index is 13.9. The van der Waals surface area contributed by atoms with Crippen molar-refractivity contribution in [2.45, 2.75) is 18.5 Å². The van der Waals surface area contributed by atoms with Crippen molar-refractivity contribution in [1.29, 1.82) is 0 Å². The van der Waals surface area contributed by atoms with Gasteiger partial charge in [-0.15, -0.1) is 0 Å². The average Bonchev–Trinajstić information content (AvgIpc) is 2.98. The Hall–Kier alpha value is -3.71. The third-order valence-electron chi connectivity index (χ3n) is 5.97. The minimum atomic E-state index is -1.21. The highest BCUT2D eigenvalue weighted by Crippen LogP contribution is 2.50. The number of fused-ring (bicyclic) bond motifs is 4. The number of carbonyl (C=O) groups excluding carboxylic acids is 1. The summed E-state index contributed by atoms with van der Waals surface area (Å²) in [5.41, 5.74) is 2.14. The van der Waals surface area contributed by atoms with Gasteiger partial charge >= 0.3 is 0 Å². The SMILES string of the molecule is O=C1N(Cc2ccccc2[N+](=O)[O-])c2ccccc2C12NCCc1cccc(O)c12. The van der Waals surface area contributed by atoms with E-state index in [1.807, 2.05) is 30.3 Å². The summed E-state index contributed by atoms with van der Waals surface area (Å²) in [6.07, 6.45) is 0.699. The number of nitrogens with zero attached hydrogens (tertiary/aromatic N) is 2. The van der Waals surface area contributed by atoms with Crippen molar-refractivity contribution >= 4 is 17.3 Å². The van der Waals surface area contributed by atoms with E-state index in [9.17, 15) is 20.0 Å². The van der Waals surface area contributed by atoms with Crippen LogP contribution in [0.5, 0.6) is 5.75 Å². The zero-order valence-corrected chi connectivity index (χ0v) is 16.0. The van der Waals surface area contributed by atoms with Crippen LogP contribution in [0, 0.1) is 10.1 Å². The molecule has 1 amide bonds. The second-order valence-electron chi connectivity index (χ2n) is 7.53. The fourth-order valence-corrected chi connectivity index (χ4v) is 4.72. The Balaban J connectivity index is 1.69. The van der Waals surface area contributed by atoms with Crippen LogP contribution >= 0.6 is 0 Å². The summed E-state index contributed by atoms with van der Waals surface area (Å²) in [6, 6.07) is 19.2. The van der Waals surface area contributed by atoms with E-state index in [1.54, 1.807) is 35.2 Å². The molecule has 2 heterocycles. The molecule has 0 aliphatic carbocycles. The van der Waals surface area contributed by atoms with Crippen molar-refractivity contribution in [2.75, 3.05) is 11.4 Å². The number of aromatic hydroxyl groups is 1. The largest absolute Gasteiger partial charge is 0.508 e. The van der Waals surface area contributed by atoms with Crippen molar-refractivity contribution in [3.63, 3.8) is 0 Å². The van der Waals surface area contributed by atoms with Gasteiger partial charge in [-0.1, -0.05) is 48.5 Å². The topological polar surface area (TPSA) is 95.7 Å². The maximum atomic E-state index is 13.9. The lowest BCUT2D eigenvalue weighted by Crippen LogP contribution is -2.54. The van der Waals surface area contributed by atoms with Crippen LogP contribution in [0.1, 0.15) is 22.3 Å². The third kappa shape index (κ3) is 2.45. The van der Waals surface area contributed by atoms with Gasteiger partial charge in [0.05, 0.1) is 17.2 Å². The number of hydrogen-bond donors (Lipinski definition) is 2. The lowest BCUT2D eigenvalue weighted by atomic mass is 9.77. The maximum Gasteiger partial charge on any atom is 0.274 e. The molecule has 7 heteroatoms. The van der Waals surface area contributed by atoms with E-state index >= 15 is 0 Å². The van der Waals surface area contributed by atoms with Crippen LogP contribution in [0.3, 0.4) is 0 Å². The molecule has 0 bridgehead atoms. The molecule has 0 radical (unpaired) electrons. The number of carbonyl (C=O) groups is 1. The first-order chi connectivity index (χ1) is 14.5. The summed E-state index contributed by atoms with van der Waals surface area (Å²) in [7, 11) is 0. The molecular formula is C23H19N3O4. The van der Waals surface area contributed by atoms with Crippen LogP contribution in [0.15, 0.2) is 66.7 Å². The summed E-state index contributed by atoms with van der Waals surface area (Å²) >= 11 is 0. The van der Waals surface area contributed by atoms with Gasteiger partial charge in [0, 0.05) is 29.3 Å². The van der Waals surface area contributed by atoms with E-state index < -0.39 is 10.5 Å². The van der Waals surface area contributed by atoms with Crippen LogP contribution in [-0.2, 0) is 23.3 Å². The molecule has 2 aliphatic rings. The predicted molar refractivity (Wildman–Crippen MR) is 111 cm³/mol. The lowest BCUT2D eigenvalue weighted by Gasteiger charge is -2.36. The molecule has 150 valence electrons. The number of anilines is 1. The number of nitro benzene ring substituents is 1. The average molecular weight is 401 g/mol. The quantitative estimate of drug-likeness (QED) is 0.519. The normalized spacial score (nSPS) is 19.6. The van der Waals surface area contributed by atoms with Crippen LogP contribution in [0.25, 0.3) is 0 Å². The molecule has 5 rings (SSSR count). The van der Waals surface area contributed by atoms with Gasteiger partial charge in [0.2, 0.25) is 0 Å². The fraction of sp³-hybridized carbons (Fsp3) is 0.174. The van der Waals surface area contributed by atoms with Gasteiger partial charge in [0.25, 0.3) is 11.6 Å². The summed E-state index contributed by atoms with van der Waals surface area (Å²) < 4.78 is 0. The number of hydrogen-bond acceptors (Lipinski definition) is 5. The smallest absolute Gasteiger partial charge is 0.274 e. The Labute approximate surface area is 172 Å². The van der Waals surface area contributed by atoms with Crippen molar-refractivity contribution in [1.82, 2.24) is 5.32 Å². The monoisotopic (exact) mass is 401 g/mol. The molecule has 3 aromatic carbocycles. The van der Waals surface area contributed by atoms with Crippen molar-refractivity contribution in [3.8, 4) is 5.75 Å². The van der Waals surface area contributed by atoms with Crippen molar-refractivity contribution in [2.24, 2.45) is 0 Å². The molecule has 0 saturated heterocycles. The van der Waals surface area contributed by atoms with Gasteiger partial charge in [-0.05, 0) is 24.1 Å². The molecule has 1 atom stereocenters. The fourth-order valence-electron chi connectivity index (χ4n) is 4.72. The first-order valence-electron chi connectivity index (χ1n) is 9.74. The molecule has 3 aromatic rings. The molecule has 0 fully saturated rings. The van der Waals surface area contributed by atoms with E-state index in [0.717, 1.165) is 11.1 Å². The third-order valence-corrected chi connectivity index (χ3v) is 5.97. The Morgan fingerprint density at radius 3 is 2.67 bits per heavy atom. The van der Waals surface area contributed by atoms with Gasteiger partial charge in [-0.2, -0.15) is 0 Å². The number of nitro groups is 1. The van der Waals surface area contributed by atoms with Gasteiger partial charge in [-0.25, -0.2) is 0 Å². The number of rotatable bonds is 3. The minimum Gasteiger partial charge on any atom is -0.508 e. The van der Waals surface area contributed by atoms with Gasteiger partial charge in [-0.3, -0.25) is 20.2 Å². The van der Waals surface area contributed by atoms with Crippen molar-refractivity contribution < 1.29 is 14.8 Å². The van der Waals surface area contributed by atoms with Crippen LogP contribution in [-0.4, -0.2) is 22.5 Å². The standard InChI is InChI=1S/C23H19N3O4/c27-20-11-5-7-15-12-13-24-23(21(15)20)17-8-2-4-10-19(17)25(22(23)28)14-16-6-1-3-9-18(16)26(29)30/h1-11,24,27H,12-14H2. The molecule has 30 heavy (non-hydrogen) atoms. The minimum absolute atomic E-state index is 0.0245. The molecular weight excluding hydrogens is 382 g/mol. The second kappa shape index (κ2) is 6.67. The highest BCUT2D eigenvalue weighted by atomic mass is 16.6. The molecule has 0 saturated carbocycles. The van der Waals surface area contributed by atoms with Gasteiger partial charge in [0.1, 0.15) is 5.75 Å². The van der Waals surface area contributed by atoms with E-state index in [0.29, 0.717) is 29.8 Å². The molecule has 0 aromatic heterocycles. The zero-order chi connectivity index (χ0) is 20.9. The summed E-state index contributed by atoms with van der Waals surface area (Å²) in [5.74, 6) is -0.181. The number of para-hydroxylation sites is 2. The van der Waals surface area contributed by atoms with E-state index in [2.05, 4.69) is 5.32 Å². The van der Waals surface area contributed by atoms with Gasteiger partial charge < -0.3 is 10.0 Å². The molecule has 1 unspecified atom stereocenters. The number of amides is 1. The van der Waals surface area contributed by atoms with Crippen LogP contribution in [0.4, 0.5) is 11.4 Å². The second-order valence-corrected chi connectivity index (χ2v) is 7.53. The highest BCUT2D eigenvalue weighted by Gasteiger charge is 2.55. The Morgan fingerprint density at radius 2 is 1.83 bits per heavy atom. The number of phenols is 1. The Kier molecular flexibility index (Phi) is 4.08. The lowest BCUT2D eigenvalue weighted by molar-refractivity contribution is -0.385. The van der Waals surface area contributed by atoms with Crippen LogP contribution in [0.2, 0.25) is 0 Å². The first kappa shape index (κ1) is 18.3. The molecule has 2 aliphatic heterocycles. The summed E-state index contributed by atoms with van der Waals surface area (Å²) in [6.45, 7) is 0.648. The van der Waals surface area contributed by atoms with E-state index in [1.165, 1.54) is 6.07 Å². The number of benzene rings is 3. The summed E-state index contributed by atoms with van der Waals surface area (Å²) in [5, 5.41) is 25.6. The predicted octanol–water partition coefficient (Wildman–Crippen LogP) is 3.24. The van der Waals surface area contributed by atoms with Crippen LogP contribution < -0.4 is 10.2 Å². The Bertz CT molecular complexity index is 1190. The highest BCUT2D eigenvalue weighted by molar-refractivity contribution is 6.10. The Morgan fingerprint density at radius 1 is 1.07 bits per heavy atom. The molecule has 2 N–H and O–H groups in total. The van der Waals surface area contributed by atoms with Gasteiger partial charge in [0.15, 0.2) is 5.54 Å². The van der Waals surface area contributed by atoms with Crippen molar-refractivity contribution in [3.05, 3.63) is 99.1 Å². The molecule has 1 spiro atoms. The zero-order valence-electron chi connectivity index (χ0n) is 16.0. The number of nitrogens with one attached hydrogen (secondary N) is 1. The van der Waals surface area contributed by atoms with E-state index in [4.69, 9.17) is 0 Å². The first-order valence-corrected chi connectivity index (χ1v) is 9.74. The number of phenolic OH excluding ortho intramolecular Hbond substituents is 1. The van der Waals surface area contributed by atoms with E-state index in [-0.39, 0.29) is 23.9 Å². The molecule has 7 nitrogen and oxygen atoms in total.